The van der Waals surface area contributed by atoms with Crippen LogP contribution in [0.3, 0.4) is 0 Å². The highest BCUT2D eigenvalue weighted by atomic mass is 32.1. The molecule has 6 heteroatoms. The zero-order valence-electron chi connectivity index (χ0n) is 13.0. The average Bonchev–Trinajstić information content (AvgIpc) is 3.04. The Kier molecular flexibility index (Phi) is 7.12. The van der Waals surface area contributed by atoms with Crippen molar-refractivity contribution >= 4 is 28.9 Å². The topological polar surface area (TPSA) is 64.6 Å². The van der Waals surface area contributed by atoms with Crippen LogP contribution in [-0.2, 0) is 4.74 Å². The van der Waals surface area contributed by atoms with E-state index < -0.39 is 5.97 Å². The van der Waals surface area contributed by atoms with Crippen LogP contribution in [0.1, 0.15) is 33.9 Å². The van der Waals surface area contributed by atoms with Crippen molar-refractivity contribution < 1.29 is 19.1 Å². The highest BCUT2D eigenvalue weighted by Gasteiger charge is 2.16. The van der Waals surface area contributed by atoms with Crippen LogP contribution < -0.4 is 10.1 Å². The Morgan fingerprint density at radius 2 is 1.86 bits per heavy atom. The first-order valence-electron chi connectivity index (χ1n) is 6.77. The Balaban J connectivity index is 0.00000116. The zero-order valence-corrected chi connectivity index (χ0v) is 13.8. The van der Waals surface area contributed by atoms with Crippen molar-refractivity contribution in [2.24, 2.45) is 0 Å². The summed E-state index contributed by atoms with van der Waals surface area (Å²) in [6.45, 7) is 4.00. The number of nitrogens with one attached hydrogen (secondary N) is 1. The maximum absolute atomic E-state index is 12.1. The molecule has 1 aromatic carbocycles. The van der Waals surface area contributed by atoms with E-state index in [2.05, 4.69) is 10.1 Å². The number of esters is 1. The average molecular weight is 321 g/mol. The van der Waals surface area contributed by atoms with Gasteiger partial charge in [0.2, 0.25) is 0 Å². The predicted octanol–water partition coefficient (Wildman–Crippen LogP) is 3.82. The maximum Gasteiger partial charge on any atom is 0.350 e. The normalized spacial score (nSPS) is 9.27. The van der Waals surface area contributed by atoms with E-state index in [9.17, 15) is 9.59 Å². The van der Waals surface area contributed by atoms with Gasteiger partial charge in [-0.05, 0) is 29.6 Å². The molecule has 1 aromatic heterocycles. The highest BCUT2D eigenvalue weighted by molar-refractivity contribution is 7.12. The van der Waals surface area contributed by atoms with Crippen LogP contribution in [0.25, 0.3) is 0 Å². The molecule has 0 saturated heterocycles. The molecule has 1 N–H and O–H groups in total. The van der Waals surface area contributed by atoms with Crippen molar-refractivity contribution in [3.63, 3.8) is 0 Å². The lowest BCUT2D eigenvalue weighted by Crippen LogP contribution is -2.14. The van der Waals surface area contributed by atoms with Gasteiger partial charge in [0.1, 0.15) is 10.6 Å². The first kappa shape index (κ1) is 17.7. The van der Waals surface area contributed by atoms with E-state index >= 15 is 0 Å². The molecule has 118 valence electrons. The van der Waals surface area contributed by atoms with Gasteiger partial charge in [-0.1, -0.05) is 19.9 Å². The number of anilines is 1. The minimum absolute atomic E-state index is 0.313. The molecule has 22 heavy (non-hydrogen) atoms. The number of amides is 1. The van der Waals surface area contributed by atoms with Crippen LogP contribution in [0.4, 0.5) is 5.69 Å². The molecule has 5 nitrogen and oxygen atoms in total. The largest absolute Gasteiger partial charge is 0.497 e. The number of carbonyl (C=O) groups excluding carboxylic acids is 2. The lowest BCUT2D eigenvalue weighted by Gasteiger charge is -2.06. The molecule has 1 heterocycles. The third kappa shape index (κ3) is 4.33. The minimum atomic E-state index is -0.471. The second-order valence-corrected chi connectivity index (χ2v) is 4.76. The van der Waals surface area contributed by atoms with Gasteiger partial charge in [-0.15, -0.1) is 11.3 Å². The molecule has 0 radical (unpaired) electrons. The smallest absolute Gasteiger partial charge is 0.350 e. The fourth-order valence-electron chi connectivity index (χ4n) is 1.62. The molecular weight excluding hydrogens is 302 g/mol. The summed E-state index contributed by atoms with van der Waals surface area (Å²) >= 11 is 1.21. The second-order valence-electron chi connectivity index (χ2n) is 3.84. The Morgan fingerprint density at radius 3 is 2.50 bits per heavy atom. The van der Waals surface area contributed by atoms with Crippen LogP contribution in [-0.4, -0.2) is 26.1 Å². The summed E-state index contributed by atoms with van der Waals surface area (Å²) in [5.41, 5.74) is 0.890. The van der Waals surface area contributed by atoms with Crippen molar-refractivity contribution in [1.82, 2.24) is 0 Å². The van der Waals surface area contributed by atoms with Gasteiger partial charge in [-0.25, -0.2) is 4.79 Å². The Hall–Kier alpha value is -2.34. The van der Waals surface area contributed by atoms with Gasteiger partial charge in [-0.2, -0.15) is 0 Å². The minimum Gasteiger partial charge on any atom is -0.497 e. The van der Waals surface area contributed by atoms with Gasteiger partial charge in [0.05, 0.1) is 19.9 Å². The van der Waals surface area contributed by atoms with E-state index in [1.807, 2.05) is 13.8 Å². The first-order valence-corrected chi connectivity index (χ1v) is 7.65. The Morgan fingerprint density at radius 1 is 1.14 bits per heavy atom. The molecule has 0 fully saturated rings. The number of carbonyl (C=O) groups is 2. The summed E-state index contributed by atoms with van der Waals surface area (Å²) in [5, 5.41) is 4.40. The predicted molar refractivity (Wildman–Crippen MR) is 88.0 cm³/mol. The summed E-state index contributed by atoms with van der Waals surface area (Å²) < 4.78 is 9.73. The van der Waals surface area contributed by atoms with Crippen molar-refractivity contribution in [2.45, 2.75) is 13.8 Å². The van der Waals surface area contributed by atoms with Crippen LogP contribution in [0.2, 0.25) is 0 Å². The van der Waals surface area contributed by atoms with Gasteiger partial charge in [0.25, 0.3) is 5.91 Å². The molecule has 0 aliphatic carbocycles. The molecule has 0 spiro atoms. The second kappa shape index (κ2) is 8.84. The molecule has 2 aromatic rings. The number of benzene rings is 1. The van der Waals surface area contributed by atoms with E-state index in [0.29, 0.717) is 21.9 Å². The van der Waals surface area contributed by atoms with E-state index in [-0.39, 0.29) is 5.91 Å². The number of methoxy groups -OCH3 is 2. The van der Waals surface area contributed by atoms with E-state index in [1.165, 1.54) is 25.6 Å². The van der Waals surface area contributed by atoms with Crippen molar-refractivity contribution in [3.8, 4) is 5.75 Å². The molecule has 0 unspecified atom stereocenters. The molecule has 1 amide bonds. The number of hydrogen-bond donors (Lipinski definition) is 1. The number of thiophene rings is 1. The first-order chi connectivity index (χ1) is 10.7. The summed E-state index contributed by atoms with van der Waals surface area (Å²) in [4.78, 5) is 24.0. The number of rotatable bonds is 4. The van der Waals surface area contributed by atoms with Crippen LogP contribution in [0.15, 0.2) is 35.7 Å². The van der Waals surface area contributed by atoms with Crippen LogP contribution in [0.5, 0.6) is 5.75 Å². The van der Waals surface area contributed by atoms with Crippen molar-refractivity contribution in [3.05, 3.63) is 46.2 Å². The molecular formula is C16H19NO4S. The van der Waals surface area contributed by atoms with Gasteiger partial charge < -0.3 is 14.8 Å². The lowest BCUT2D eigenvalue weighted by molar-refractivity contribution is 0.0607. The monoisotopic (exact) mass is 321 g/mol. The standard InChI is InChI=1S/C14H13NO4S.C2H6/c1-18-10-5-3-4-9(8-10)13(16)15-11-6-7-20-12(11)14(17)19-2;1-2/h3-8H,1-2H3,(H,15,16);1-2H3. The third-order valence-corrected chi connectivity index (χ3v) is 3.51. The fraction of sp³-hybridized carbons (Fsp3) is 0.250. The molecule has 0 aliphatic rings. The molecule has 0 bridgehead atoms. The summed E-state index contributed by atoms with van der Waals surface area (Å²) in [5.74, 6) is -0.190. The molecule has 0 saturated carbocycles. The van der Waals surface area contributed by atoms with E-state index in [4.69, 9.17) is 4.74 Å². The Labute approximate surface area is 133 Å². The lowest BCUT2D eigenvalue weighted by atomic mass is 10.2. The van der Waals surface area contributed by atoms with Gasteiger partial charge in [0, 0.05) is 5.56 Å². The van der Waals surface area contributed by atoms with Gasteiger partial charge in [-0.3, -0.25) is 4.79 Å². The number of ether oxygens (including phenoxy) is 2. The summed E-state index contributed by atoms with van der Waals surface area (Å²) in [6.07, 6.45) is 0. The summed E-state index contributed by atoms with van der Waals surface area (Å²) in [7, 11) is 2.83. The van der Waals surface area contributed by atoms with Crippen molar-refractivity contribution in [2.75, 3.05) is 19.5 Å². The maximum atomic E-state index is 12.1. The van der Waals surface area contributed by atoms with Crippen LogP contribution in [0, 0.1) is 0 Å². The molecule has 2 rings (SSSR count). The van der Waals surface area contributed by atoms with Gasteiger partial charge in [0.15, 0.2) is 0 Å². The Bertz CT molecular complexity index is 637. The molecule has 0 atom stereocenters. The zero-order chi connectivity index (χ0) is 16.5. The number of hydrogen-bond acceptors (Lipinski definition) is 5. The van der Waals surface area contributed by atoms with Crippen LogP contribution >= 0.6 is 11.3 Å². The highest BCUT2D eigenvalue weighted by Crippen LogP contribution is 2.24. The molecule has 0 aliphatic heterocycles. The van der Waals surface area contributed by atoms with E-state index in [0.717, 1.165) is 0 Å². The van der Waals surface area contributed by atoms with Crippen molar-refractivity contribution in [1.29, 1.82) is 0 Å². The van der Waals surface area contributed by atoms with Gasteiger partial charge >= 0.3 is 5.97 Å². The quantitative estimate of drug-likeness (QED) is 0.869. The summed E-state index contributed by atoms with van der Waals surface area (Å²) in [6, 6.07) is 8.43. The third-order valence-electron chi connectivity index (χ3n) is 2.62. The fourth-order valence-corrected chi connectivity index (χ4v) is 2.38. The van der Waals surface area contributed by atoms with E-state index in [1.54, 1.807) is 35.7 Å². The SMILES string of the molecule is CC.COC(=O)c1sccc1NC(=O)c1cccc(OC)c1.